The molecule has 0 aliphatic rings. The predicted octanol–water partition coefficient (Wildman–Crippen LogP) is 2.95. The van der Waals surface area contributed by atoms with Crippen LogP contribution in [0.1, 0.15) is 5.56 Å². The maximum atomic E-state index is 13.4. The number of nitrogens with one attached hydrogen (secondary N) is 1. The van der Waals surface area contributed by atoms with Crippen molar-refractivity contribution in [3.8, 4) is 11.5 Å². The number of halogens is 1. The van der Waals surface area contributed by atoms with E-state index in [1.165, 1.54) is 20.3 Å². The van der Waals surface area contributed by atoms with Crippen LogP contribution in [-0.4, -0.2) is 22.6 Å². The van der Waals surface area contributed by atoms with Crippen LogP contribution in [0, 0.1) is 12.7 Å². The van der Waals surface area contributed by atoms with E-state index >= 15 is 0 Å². The normalized spacial score (nSPS) is 11.1. The number of ether oxygens (including phenoxy) is 2. The van der Waals surface area contributed by atoms with Crippen molar-refractivity contribution >= 4 is 15.7 Å². The first-order valence-corrected chi connectivity index (χ1v) is 7.86. The van der Waals surface area contributed by atoms with Crippen molar-refractivity contribution in [1.29, 1.82) is 0 Å². The summed E-state index contributed by atoms with van der Waals surface area (Å²) in [5, 5.41) is 0. The molecule has 22 heavy (non-hydrogen) atoms. The van der Waals surface area contributed by atoms with Crippen molar-refractivity contribution in [3.63, 3.8) is 0 Å². The van der Waals surface area contributed by atoms with Crippen LogP contribution in [0.25, 0.3) is 0 Å². The van der Waals surface area contributed by atoms with E-state index in [9.17, 15) is 12.8 Å². The third kappa shape index (κ3) is 3.30. The lowest BCUT2D eigenvalue weighted by Crippen LogP contribution is -2.15. The first kappa shape index (κ1) is 16.1. The van der Waals surface area contributed by atoms with E-state index in [2.05, 4.69) is 4.72 Å². The third-order valence-electron chi connectivity index (χ3n) is 3.01. The molecule has 5 nitrogen and oxygen atoms in total. The van der Waals surface area contributed by atoms with Gasteiger partial charge in [-0.25, -0.2) is 12.8 Å². The van der Waals surface area contributed by atoms with Gasteiger partial charge in [-0.15, -0.1) is 0 Å². The number of benzene rings is 2. The topological polar surface area (TPSA) is 64.6 Å². The summed E-state index contributed by atoms with van der Waals surface area (Å²) in [5.74, 6) is -0.248. The number of anilines is 1. The zero-order valence-corrected chi connectivity index (χ0v) is 13.2. The van der Waals surface area contributed by atoms with E-state index in [-0.39, 0.29) is 16.3 Å². The first-order valence-electron chi connectivity index (χ1n) is 6.38. The molecule has 2 rings (SSSR count). The van der Waals surface area contributed by atoms with E-state index in [1.807, 2.05) is 6.92 Å². The van der Waals surface area contributed by atoms with Gasteiger partial charge in [-0.05, 0) is 42.8 Å². The Labute approximate surface area is 128 Å². The lowest BCUT2D eigenvalue weighted by atomic mass is 10.2. The number of sulfonamides is 1. The molecule has 0 unspecified atom stereocenters. The Morgan fingerprint density at radius 2 is 1.64 bits per heavy atom. The maximum absolute atomic E-state index is 13.4. The highest BCUT2D eigenvalue weighted by Crippen LogP contribution is 2.31. The smallest absolute Gasteiger partial charge is 0.265 e. The molecule has 1 N–H and O–H groups in total. The molecule has 0 saturated heterocycles. The Morgan fingerprint density at radius 3 is 2.27 bits per heavy atom. The van der Waals surface area contributed by atoms with Gasteiger partial charge in [0.1, 0.15) is 22.2 Å². The highest BCUT2D eigenvalue weighted by atomic mass is 32.2. The fourth-order valence-corrected chi connectivity index (χ4v) is 3.20. The third-order valence-corrected chi connectivity index (χ3v) is 4.40. The molecule has 0 spiro atoms. The van der Waals surface area contributed by atoms with Gasteiger partial charge in [0.15, 0.2) is 0 Å². The molecule has 0 aromatic heterocycles. The Hall–Kier alpha value is -2.28. The lowest BCUT2D eigenvalue weighted by molar-refractivity contribution is 0.401. The highest BCUT2D eigenvalue weighted by Gasteiger charge is 2.22. The maximum Gasteiger partial charge on any atom is 0.265 e. The van der Waals surface area contributed by atoms with Crippen molar-refractivity contribution in [2.24, 2.45) is 0 Å². The van der Waals surface area contributed by atoms with Gasteiger partial charge >= 0.3 is 0 Å². The Bertz CT molecular complexity index is 790. The molecule has 0 aliphatic heterocycles. The van der Waals surface area contributed by atoms with Crippen LogP contribution in [0.4, 0.5) is 10.1 Å². The van der Waals surface area contributed by atoms with Crippen molar-refractivity contribution < 1.29 is 22.3 Å². The zero-order chi connectivity index (χ0) is 16.3. The molecule has 2 aromatic rings. The largest absolute Gasteiger partial charge is 0.495 e. The standard InChI is InChI=1S/C15H16FNO4S/c1-10-4-6-13(20-2)12(8-10)17-22(18,19)15-9-11(16)5-7-14(15)21-3/h4-9,17H,1-3H3. The van der Waals surface area contributed by atoms with Crippen LogP contribution < -0.4 is 14.2 Å². The molecular formula is C15H16FNO4S. The van der Waals surface area contributed by atoms with Crippen molar-refractivity contribution in [1.82, 2.24) is 0 Å². The molecule has 2 aromatic carbocycles. The van der Waals surface area contributed by atoms with Gasteiger partial charge in [-0.1, -0.05) is 6.07 Å². The van der Waals surface area contributed by atoms with E-state index in [0.29, 0.717) is 5.75 Å². The Kier molecular flexibility index (Phi) is 4.56. The van der Waals surface area contributed by atoms with Crippen LogP contribution >= 0.6 is 0 Å². The van der Waals surface area contributed by atoms with E-state index in [4.69, 9.17) is 9.47 Å². The van der Waals surface area contributed by atoms with Crippen molar-refractivity contribution in [2.45, 2.75) is 11.8 Å². The summed E-state index contributed by atoms with van der Waals surface area (Å²) in [5.41, 5.74) is 1.12. The van der Waals surface area contributed by atoms with Gasteiger partial charge in [0, 0.05) is 0 Å². The number of hydrogen-bond donors (Lipinski definition) is 1. The van der Waals surface area contributed by atoms with Gasteiger partial charge < -0.3 is 9.47 Å². The second-order valence-electron chi connectivity index (χ2n) is 4.60. The minimum Gasteiger partial charge on any atom is -0.495 e. The van der Waals surface area contributed by atoms with E-state index in [1.54, 1.807) is 18.2 Å². The average Bonchev–Trinajstić information content (AvgIpc) is 2.47. The number of aryl methyl sites for hydroxylation is 1. The molecule has 0 atom stereocenters. The zero-order valence-electron chi connectivity index (χ0n) is 12.4. The minimum atomic E-state index is -4.02. The fourth-order valence-electron chi connectivity index (χ4n) is 1.96. The summed E-state index contributed by atoms with van der Waals surface area (Å²) < 4.78 is 50.9. The van der Waals surface area contributed by atoms with E-state index < -0.39 is 15.8 Å². The second kappa shape index (κ2) is 6.23. The molecule has 0 aliphatic carbocycles. The summed E-state index contributed by atoms with van der Waals surface area (Å²) in [6, 6.07) is 8.36. The molecule has 0 amide bonds. The quantitative estimate of drug-likeness (QED) is 0.918. The highest BCUT2D eigenvalue weighted by molar-refractivity contribution is 7.92. The van der Waals surface area contributed by atoms with Crippen LogP contribution in [0.15, 0.2) is 41.3 Å². The molecule has 0 heterocycles. The molecule has 7 heteroatoms. The number of hydrogen-bond acceptors (Lipinski definition) is 4. The Morgan fingerprint density at radius 1 is 1.00 bits per heavy atom. The number of rotatable bonds is 5. The van der Waals surface area contributed by atoms with Crippen LogP contribution in [0.5, 0.6) is 11.5 Å². The monoisotopic (exact) mass is 325 g/mol. The van der Waals surface area contributed by atoms with E-state index in [0.717, 1.165) is 17.7 Å². The molecule has 0 saturated carbocycles. The average molecular weight is 325 g/mol. The second-order valence-corrected chi connectivity index (χ2v) is 6.26. The Balaban J connectivity index is 2.49. The summed E-state index contributed by atoms with van der Waals surface area (Å²) >= 11 is 0. The summed E-state index contributed by atoms with van der Waals surface area (Å²) in [6.45, 7) is 1.82. The summed E-state index contributed by atoms with van der Waals surface area (Å²) in [7, 11) is -1.27. The van der Waals surface area contributed by atoms with Gasteiger partial charge in [-0.2, -0.15) is 0 Å². The molecular weight excluding hydrogens is 309 g/mol. The lowest BCUT2D eigenvalue weighted by Gasteiger charge is -2.14. The van der Waals surface area contributed by atoms with Crippen molar-refractivity contribution in [2.75, 3.05) is 18.9 Å². The summed E-state index contributed by atoms with van der Waals surface area (Å²) in [6.07, 6.45) is 0. The molecule has 0 radical (unpaired) electrons. The van der Waals surface area contributed by atoms with Crippen LogP contribution in [0.3, 0.4) is 0 Å². The van der Waals surface area contributed by atoms with Crippen molar-refractivity contribution in [3.05, 3.63) is 47.8 Å². The summed E-state index contributed by atoms with van der Waals surface area (Å²) in [4.78, 5) is -0.279. The predicted molar refractivity (Wildman–Crippen MR) is 81.5 cm³/mol. The van der Waals surface area contributed by atoms with Gasteiger partial charge in [0.2, 0.25) is 0 Å². The van der Waals surface area contributed by atoms with Crippen LogP contribution in [-0.2, 0) is 10.0 Å². The molecule has 0 bridgehead atoms. The van der Waals surface area contributed by atoms with Gasteiger partial charge in [-0.3, -0.25) is 4.72 Å². The SMILES string of the molecule is COc1ccc(C)cc1NS(=O)(=O)c1cc(F)ccc1OC. The first-order chi connectivity index (χ1) is 10.4. The fraction of sp³-hybridized carbons (Fsp3) is 0.200. The molecule has 118 valence electrons. The van der Waals surface area contributed by atoms with Crippen LogP contribution in [0.2, 0.25) is 0 Å². The minimum absolute atomic E-state index is 0.0560. The van der Waals surface area contributed by atoms with Gasteiger partial charge in [0.25, 0.3) is 10.0 Å². The molecule has 0 fully saturated rings. The number of methoxy groups -OCH3 is 2. The van der Waals surface area contributed by atoms with Gasteiger partial charge in [0.05, 0.1) is 19.9 Å².